The number of carbonyl (C=O) groups excluding carboxylic acids is 1. The average molecular weight is 175 g/mol. The molecule has 1 rings (SSSR count). The second kappa shape index (κ2) is 4.17. The van der Waals surface area contributed by atoms with Gasteiger partial charge >= 0.3 is 0 Å². The molecule has 0 heterocycles. The molecule has 0 aliphatic carbocycles. The number of nitrogens with one attached hydrogen (secondary N) is 1. The van der Waals surface area contributed by atoms with Crippen molar-refractivity contribution in [2.45, 2.75) is 6.42 Å². The number of rotatable bonds is 2. The van der Waals surface area contributed by atoms with E-state index in [0.29, 0.717) is 5.69 Å². The summed E-state index contributed by atoms with van der Waals surface area (Å²) in [4.78, 5) is 11.0. The van der Waals surface area contributed by atoms with Gasteiger partial charge in [-0.05, 0) is 12.1 Å². The van der Waals surface area contributed by atoms with Crippen LogP contribution in [-0.2, 0) is 4.79 Å². The predicted molar refractivity (Wildman–Crippen MR) is 50.2 cm³/mol. The molecule has 1 amide bonds. The van der Waals surface area contributed by atoms with Crippen LogP contribution < -0.4 is 5.32 Å². The van der Waals surface area contributed by atoms with E-state index >= 15 is 0 Å². The average Bonchev–Trinajstić information content (AvgIpc) is 2.04. The standard InChI is InChI=1S/C10H9NO2/c1-2-4-10(13)11-8-5-3-6-9(12)7-8/h1,3,5-7,12H,4H2,(H,11,13). The van der Waals surface area contributed by atoms with Crippen LogP contribution in [-0.4, -0.2) is 11.0 Å². The molecule has 0 unspecified atom stereocenters. The van der Waals surface area contributed by atoms with Gasteiger partial charge in [-0.25, -0.2) is 0 Å². The van der Waals surface area contributed by atoms with Crippen molar-refractivity contribution in [1.82, 2.24) is 0 Å². The molecule has 0 aromatic heterocycles. The minimum absolute atomic E-state index is 0.0374. The van der Waals surface area contributed by atoms with E-state index in [1.165, 1.54) is 12.1 Å². The van der Waals surface area contributed by atoms with Crippen LogP contribution in [0.1, 0.15) is 6.42 Å². The van der Waals surface area contributed by atoms with Gasteiger partial charge in [-0.1, -0.05) is 12.0 Å². The van der Waals surface area contributed by atoms with Crippen molar-refractivity contribution < 1.29 is 9.90 Å². The molecule has 0 spiro atoms. The monoisotopic (exact) mass is 175 g/mol. The third-order valence-corrected chi connectivity index (χ3v) is 1.39. The molecule has 0 aliphatic rings. The largest absolute Gasteiger partial charge is 0.508 e. The second-order valence-corrected chi connectivity index (χ2v) is 2.48. The summed E-state index contributed by atoms with van der Waals surface area (Å²) in [6, 6.07) is 6.29. The number of hydrogen-bond donors (Lipinski definition) is 2. The molecule has 66 valence electrons. The van der Waals surface area contributed by atoms with Crippen molar-refractivity contribution in [2.75, 3.05) is 5.32 Å². The number of phenols is 1. The van der Waals surface area contributed by atoms with Gasteiger partial charge < -0.3 is 10.4 Å². The molecular formula is C10H9NO2. The summed E-state index contributed by atoms with van der Waals surface area (Å²) >= 11 is 0. The molecular weight excluding hydrogens is 166 g/mol. The molecule has 1 aromatic rings. The lowest BCUT2D eigenvalue weighted by Crippen LogP contribution is -2.09. The van der Waals surface area contributed by atoms with Crippen LogP contribution in [0.2, 0.25) is 0 Å². The van der Waals surface area contributed by atoms with Crippen molar-refractivity contribution >= 4 is 11.6 Å². The third kappa shape index (κ3) is 2.88. The molecule has 13 heavy (non-hydrogen) atoms. The number of amides is 1. The first kappa shape index (κ1) is 9.14. The fourth-order valence-electron chi connectivity index (χ4n) is 0.882. The number of anilines is 1. The van der Waals surface area contributed by atoms with E-state index in [1.807, 2.05) is 0 Å². The maximum Gasteiger partial charge on any atom is 0.236 e. The van der Waals surface area contributed by atoms with Gasteiger partial charge in [0.25, 0.3) is 0 Å². The molecule has 3 heteroatoms. The zero-order valence-electron chi connectivity index (χ0n) is 6.95. The Morgan fingerprint density at radius 2 is 2.38 bits per heavy atom. The van der Waals surface area contributed by atoms with Crippen molar-refractivity contribution in [3.8, 4) is 18.1 Å². The zero-order chi connectivity index (χ0) is 9.68. The minimum Gasteiger partial charge on any atom is -0.508 e. The topological polar surface area (TPSA) is 49.3 Å². The van der Waals surface area contributed by atoms with E-state index in [-0.39, 0.29) is 18.1 Å². The first-order valence-electron chi connectivity index (χ1n) is 3.74. The molecule has 0 aliphatic heterocycles. The predicted octanol–water partition coefficient (Wildman–Crippen LogP) is 1.35. The fourth-order valence-corrected chi connectivity index (χ4v) is 0.882. The lowest BCUT2D eigenvalue weighted by Gasteiger charge is -2.02. The number of aromatic hydroxyl groups is 1. The van der Waals surface area contributed by atoms with Crippen molar-refractivity contribution in [2.24, 2.45) is 0 Å². The summed E-state index contributed by atoms with van der Waals surface area (Å²) in [6.45, 7) is 0. The molecule has 2 N–H and O–H groups in total. The van der Waals surface area contributed by atoms with E-state index in [0.717, 1.165) is 0 Å². The Morgan fingerprint density at radius 3 is 3.00 bits per heavy atom. The minimum atomic E-state index is -0.256. The quantitative estimate of drug-likeness (QED) is 0.666. The van der Waals surface area contributed by atoms with E-state index in [9.17, 15) is 4.79 Å². The van der Waals surface area contributed by atoms with Crippen molar-refractivity contribution in [1.29, 1.82) is 0 Å². The summed E-state index contributed by atoms with van der Waals surface area (Å²) in [6.07, 6.45) is 4.99. The Morgan fingerprint density at radius 1 is 1.62 bits per heavy atom. The third-order valence-electron chi connectivity index (χ3n) is 1.39. The van der Waals surface area contributed by atoms with Gasteiger partial charge in [0.15, 0.2) is 0 Å². The first-order chi connectivity index (χ1) is 6.22. The molecule has 3 nitrogen and oxygen atoms in total. The Kier molecular flexibility index (Phi) is 2.93. The lowest BCUT2D eigenvalue weighted by atomic mass is 10.3. The molecule has 1 aromatic carbocycles. The number of hydrogen-bond acceptors (Lipinski definition) is 2. The fraction of sp³-hybridized carbons (Fsp3) is 0.100. The Bertz CT molecular complexity index is 352. The van der Waals surface area contributed by atoms with Crippen molar-refractivity contribution in [3.63, 3.8) is 0 Å². The van der Waals surface area contributed by atoms with Gasteiger partial charge in [0.1, 0.15) is 5.75 Å². The number of terminal acetylenes is 1. The molecule has 0 bridgehead atoms. The number of phenolic OH excluding ortho intramolecular Hbond substituents is 1. The van der Waals surface area contributed by atoms with Gasteiger partial charge in [-0.2, -0.15) is 0 Å². The van der Waals surface area contributed by atoms with Crippen LogP contribution in [0.5, 0.6) is 5.75 Å². The number of benzene rings is 1. The highest BCUT2D eigenvalue weighted by atomic mass is 16.3. The van der Waals surface area contributed by atoms with Crippen LogP contribution in [0.25, 0.3) is 0 Å². The molecule has 0 atom stereocenters. The van der Waals surface area contributed by atoms with Crippen molar-refractivity contribution in [3.05, 3.63) is 24.3 Å². The normalized spacial score (nSPS) is 8.85. The van der Waals surface area contributed by atoms with Gasteiger partial charge in [0, 0.05) is 11.8 Å². The van der Waals surface area contributed by atoms with E-state index in [2.05, 4.69) is 11.2 Å². The maximum atomic E-state index is 11.0. The van der Waals surface area contributed by atoms with Crippen LogP contribution in [0, 0.1) is 12.3 Å². The summed E-state index contributed by atoms with van der Waals surface area (Å²) in [5.41, 5.74) is 0.542. The molecule has 0 saturated heterocycles. The summed E-state index contributed by atoms with van der Waals surface area (Å²) in [5, 5.41) is 11.6. The van der Waals surface area contributed by atoms with Gasteiger partial charge in [0.2, 0.25) is 5.91 Å². The van der Waals surface area contributed by atoms with Crippen LogP contribution >= 0.6 is 0 Å². The van der Waals surface area contributed by atoms with Crippen LogP contribution in [0.4, 0.5) is 5.69 Å². The highest BCUT2D eigenvalue weighted by Gasteiger charge is 1.99. The van der Waals surface area contributed by atoms with E-state index in [1.54, 1.807) is 12.1 Å². The van der Waals surface area contributed by atoms with E-state index < -0.39 is 0 Å². The second-order valence-electron chi connectivity index (χ2n) is 2.48. The Labute approximate surface area is 76.4 Å². The van der Waals surface area contributed by atoms with Gasteiger partial charge in [-0.3, -0.25) is 4.79 Å². The summed E-state index contributed by atoms with van der Waals surface area (Å²) < 4.78 is 0. The first-order valence-corrected chi connectivity index (χ1v) is 3.74. The summed E-state index contributed by atoms with van der Waals surface area (Å²) in [5.74, 6) is 2.08. The Hall–Kier alpha value is -1.95. The van der Waals surface area contributed by atoms with Gasteiger partial charge in [0.05, 0.1) is 6.42 Å². The number of carbonyl (C=O) groups is 1. The highest BCUT2D eigenvalue weighted by molar-refractivity contribution is 5.92. The smallest absolute Gasteiger partial charge is 0.236 e. The SMILES string of the molecule is C#CCC(=O)Nc1cccc(O)c1. The maximum absolute atomic E-state index is 11.0. The summed E-state index contributed by atoms with van der Waals surface area (Å²) in [7, 11) is 0. The molecule has 0 saturated carbocycles. The molecule has 0 fully saturated rings. The lowest BCUT2D eigenvalue weighted by molar-refractivity contribution is -0.115. The van der Waals surface area contributed by atoms with Crippen LogP contribution in [0.15, 0.2) is 24.3 Å². The highest BCUT2D eigenvalue weighted by Crippen LogP contribution is 2.15. The van der Waals surface area contributed by atoms with E-state index in [4.69, 9.17) is 11.5 Å². The zero-order valence-corrected chi connectivity index (χ0v) is 6.95. The van der Waals surface area contributed by atoms with Crippen LogP contribution in [0.3, 0.4) is 0 Å². The molecule has 0 radical (unpaired) electrons. The Balaban J connectivity index is 2.65. The van der Waals surface area contributed by atoms with Gasteiger partial charge in [-0.15, -0.1) is 6.42 Å².